The van der Waals surface area contributed by atoms with Gasteiger partial charge in [-0.25, -0.2) is 13.1 Å². The van der Waals surface area contributed by atoms with E-state index in [-0.39, 0.29) is 0 Å². The maximum Gasteiger partial charge on any atom is 0.389 e. The average Bonchev–Trinajstić information content (AvgIpc) is 2.37. The first kappa shape index (κ1) is 18.4. The van der Waals surface area contributed by atoms with Gasteiger partial charge in [-0.05, 0) is 18.9 Å². The highest BCUT2D eigenvalue weighted by molar-refractivity contribution is 9.09. The quantitative estimate of drug-likeness (QED) is 0.727. The van der Waals surface area contributed by atoms with Crippen molar-refractivity contribution in [3.8, 4) is 0 Å². The normalized spacial score (nSPS) is 15.7. The summed E-state index contributed by atoms with van der Waals surface area (Å²) in [5, 5.41) is 0.308. The maximum atomic E-state index is 12.1. The van der Waals surface area contributed by atoms with E-state index < -0.39 is 40.3 Å². The van der Waals surface area contributed by atoms with E-state index in [4.69, 9.17) is 0 Å². The molecule has 0 radical (unpaired) electrons. The van der Waals surface area contributed by atoms with E-state index in [2.05, 4.69) is 20.7 Å². The zero-order valence-electron chi connectivity index (χ0n) is 11.5. The van der Waals surface area contributed by atoms with E-state index in [9.17, 15) is 21.6 Å². The van der Waals surface area contributed by atoms with Crippen molar-refractivity contribution in [1.82, 2.24) is 4.72 Å². The number of halogens is 4. The molecule has 1 aromatic carbocycles. The fraction of sp³-hybridized carbons (Fsp3) is 0.538. The maximum absolute atomic E-state index is 12.1. The highest BCUT2D eigenvalue weighted by atomic mass is 79.9. The summed E-state index contributed by atoms with van der Waals surface area (Å²) in [7, 11) is -3.80. The van der Waals surface area contributed by atoms with Gasteiger partial charge in [0.1, 0.15) is 0 Å². The number of benzene rings is 1. The van der Waals surface area contributed by atoms with E-state index >= 15 is 0 Å². The summed E-state index contributed by atoms with van der Waals surface area (Å²) in [5.41, 5.74) is -0.167. The molecule has 0 aliphatic carbocycles. The van der Waals surface area contributed by atoms with Crippen LogP contribution < -0.4 is 4.72 Å². The fourth-order valence-corrected chi connectivity index (χ4v) is 3.98. The van der Waals surface area contributed by atoms with Crippen molar-refractivity contribution < 1.29 is 21.6 Å². The van der Waals surface area contributed by atoms with Crippen LogP contribution in [0.5, 0.6) is 0 Å². The summed E-state index contributed by atoms with van der Waals surface area (Å²) >= 11 is 3.25. The monoisotopic (exact) mass is 387 g/mol. The fourth-order valence-electron chi connectivity index (χ4n) is 1.83. The molecular formula is C13H17BrF3NO2S. The van der Waals surface area contributed by atoms with Crippen molar-refractivity contribution in [3.63, 3.8) is 0 Å². The Morgan fingerprint density at radius 3 is 2.24 bits per heavy atom. The van der Waals surface area contributed by atoms with Gasteiger partial charge in [-0.15, -0.1) is 0 Å². The highest BCUT2D eigenvalue weighted by Crippen LogP contribution is 2.25. The van der Waals surface area contributed by atoms with Gasteiger partial charge in [-0.1, -0.05) is 46.3 Å². The summed E-state index contributed by atoms with van der Waals surface area (Å²) < 4.78 is 62.6. The predicted molar refractivity (Wildman–Crippen MR) is 79.8 cm³/mol. The van der Waals surface area contributed by atoms with Crippen molar-refractivity contribution in [2.24, 2.45) is 0 Å². The smallest absolute Gasteiger partial charge is 0.212 e. The molecular weight excluding hydrogens is 371 g/mol. The third-order valence-electron chi connectivity index (χ3n) is 2.93. The minimum atomic E-state index is -4.34. The lowest BCUT2D eigenvalue weighted by Crippen LogP contribution is -2.45. The standard InChI is InChI=1S/C13H17BrF3NO2S/c1-12(10-14,11-6-3-2-4-7-11)18-21(19,20)9-5-8-13(15,16)17/h2-4,6-7,18H,5,8-10H2,1H3. The van der Waals surface area contributed by atoms with Gasteiger partial charge in [0.25, 0.3) is 0 Å². The van der Waals surface area contributed by atoms with Crippen LogP contribution in [0, 0.1) is 0 Å². The molecule has 0 fully saturated rings. The Labute approximate surface area is 131 Å². The van der Waals surface area contributed by atoms with E-state index in [1.807, 2.05) is 0 Å². The summed E-state index contributed by atoms with van der Waals surface area (Å²) in [6.07, 6.45) is -5.90. The second-order valence-corrected chi connectivity index (χ2v) is 7.37. The van der Waals surface area contributed by atoms with Gasteiger partial charge in [-0.2, -0.15) is 13.2 Å². The van der Waals surface area contributed by atoms with E-state index in [0.29, 0.717) is 5.33 Å². The summed E-state index contributed by atoms with van der Waals surface area (Å²) in [6.45, 7) is 1.68. The number of sulfonamides is 1. The lowest BCUT2D eigenvalue weighted by molar-refractivity contribution is -0.134. The molecule has 0 aliphatic rings. The molecule has 0 saturated heterocycles. The Bertz CT molecular complexity index is 548. The van der Waals surface area contributed by atoms with Crippen molar-refractivity contribution in [3.05, 3.63) is 35.9 Å². The van der Waals surface area contributed by atoms with Crippen LogP contribution in [0.3, 0.4) is 0 Å². The van der Waals surface area contributed by atoms with Crippen LogP contribution in [0.15, 0.2) is 30.3 Å². The van der Waals surface area contributed by atoms with Gasteiger partial charge in [0.2, 0.25) is 10.0 Å². The Morgan fingerprint density at radius 1 is 1.19 bits per heavy atom. The van der Waals surface area contributed by atoms with Crippen molar-refractivity contribution in [2.75, 3.05) is 11.1 Å². The molecule has 0 aliphatic heterocycles. The third kappa shape index (κ3) is 6.36. The molecule has 8 heteroatoms. The molecule has 120 valence electrons. The van der Waals surface area contributed by atoms with Crippen LogP contribution in [0.1, 0.15) is 25.3 Å². The molecule has 1 rings (SSSR count). The molecule has 3 nitrogen and oxygen atoms in total. The van der Waals surface area contributed by atoms with Gasteiger partial charge < -0.3 is 0 Å². The number of hydrogen-bond acceptors (Lipinski definition) is 2. The number of hydrogen-bond donors (Lipinski definition) is 1. The van der Waals surface area contributed by atoms with Crippen LogP contribution in [0.4, 0.5) is 13.2 Å². The number of alkyl halides is 4. The highest BCUT2D eigenvalue weighted by Gasteiger charge is 2.32. The van der Waals surface area contributed by atoms with Crippen LogP contribution in [-0.4, -0.2) is 25.7 Å². The summed E-state index contributed by atoms with van der Waals surface area (Å²) in [6, 6.07) is 8.87. The largest absolute Gasteiger partial charge is 0.389 e. The predicted octanol–water partition coefficient (Wildman–Crippen LogP) is 3.56. The van der Waals surface area contributed by atoms with Crippen molar-refractivity contribution in [1.29, 1.82) is 0 Å². The molecule has 1 aromatic rings. The molecule has 0 bridgehead atoms. The molecule has 0 spiro atoms. The number of nitrogens with one attached hydrogen (secondary N) is 1. The Hall–Kier alpha value is -0.600. The summed E-state index contributed by atoms with van der Waals surface area (Å²) in [5.74, 6) is -0.554. The Balaban J connectivity index is 2.76. The molecule has 0 saturated carbocycles. The molecule has 1 N–H and O–H groups in total. The van der Waals surface area contributed by atoms with E-state index in [0.717, 1.165) is 5.56 Å². The second kappa shape index (κ2) is 7.11. The van der Waals surface area contributed by atoms with Gasteiger partial charge >= 0.3 is 6.18 Å². The SMILES string of the molecule is CC(CBr)(NS(=O)(=O)CCCC(F)(F)F)c1ccccc1. The molecule has 0 amide bonds. The first-order valence-electron chi connectivity index (χ1n) is 6.28. The van der Waals surface area contributed by atoms with Crippen LogP contribution in [-0.2, 0) is 15.6 Å². The summed E-state index contributed by atoms with van der Waals surface area (Å²) in [4.78, 5) is 0. The molecule has 0 aromatic heterocycles. The average molecular weight is 388 g/mol. The molecule has 1 atom stereocenters. The first-order valence-corrected chi connectivity index (χ1v) is 9.05. The van der Waals surface area contributed by atoms with Crippen LogP contribution >= 0.6 is 15.9 Å². The zero-order valence-corrected chi connectivity index (χ0v) is 13.9. The number of rotatable bonds is 7. The minimum Gasteiger partial charge on any atom is -0.212 e. The van der Waals surface area contributed by atoms with E-state index in [1.54, 1.807) is 37.3 Å². The van der Waals surface area contributed by atoms with Crippen LogP contribution in [0.2, 0.25) is 0 Å². The zero-order chi connectivity index (χ0) is 16.1. The lowest BCUT2D eigenvalue weighted by atomic mass is 9.96. The molecule has 0 heterocycles. The van der Waals surface area contributed by atoms with Gasteiger partial charge in [0.15, 0.2) is 0 Å². The van der Waals surface area contributed by atoms with Gasteiger partial charge in [-0.3, -0.25) is 0 Å². The third-order valence-corrected chi connectivity index (χ3v) is 5.64. The van der Waals surface area contributed by atoms with Gasteiger partial charge in [0.05, 0.1) is 11.3 Å². The first-order chi connectivity index (χ1) is 9.58. The second-order valence-electron chi connectivity index (χ2n) is 4.97. The topological polar surface area (TPSA) is 46.2 Å². The van der Waals surface area contributed by atoms with Crippen molar-refractivity contribution in [2.45, 2.75) is 31.5 Å². The lowest BCUT2D eigenvalue weighted by Gasteiger charge is -2.29. The van der Waals surface area contributed by atoms with Gasteiger partial charge in [0, 0.05) is 11.8 Å². The Morgan fingerprint density at radius 2 is 1.76 bits per heavy atom. The van der Waals surface area contributed by atoms with Crippen molar-refractivity contribution >= 4 is 26.0 Å². The Kier molecular flexibility index (Phi) is 6.24. The molecule has 1 unspecified atom stereocenters. The van der Waals surface area contributed by atoms with E-state index in [1.165, 1.54) is 0 Å². The van der Waals surface area contributed by atoms with Crippen LogP contribution in [0.25, 0.3) is 0 Å². The molecule has 21 heavy (non-hydrogen) atoms. The minimum absolute atomic E-state index is 0.308.